The van der Waals surface area contributed by atoms with Crippen molar-refractivity contribution in [1.29, 1.82) is 0 Å². The normalized spacial score (nSPS) is 22.8. The predicted octanol–water partition coefficient (Wildman–Crippen LogP) is 0.690. The molecule has 0 radical (unpaired) electrons. The molecule has 11 N–H and O–H groups in total. The van der Waals surface area contributed by atoms with Crippen LogP contribution in [0.5, 0.6) is 0 Å². The number of nitrogens with one attached hydrogen (secondary N) is 3. The van der Waals surface area contributed by atoms with Crippen molar-refractivity contribution in [2.24, 2.45) is 10.4 Å². The summed E-state index contributed by atoms with van der Waals surface area (Å²) >= 11 is 1.62. The lowest BCUT2D eigenvalue weighted by atomic mass is 9.87. The molecular formula is C36H54N9O17P3S. The highest BCUT2D eigenvalue weighted by molar-refractivity contribution is 7.99. The first-order valence-corrected chi connectivity index (χ1v) is 26.1. The van der Waals surface area contributed by atoms with Gasteiger partial charge in [0.05, 0.1) is 25.6 Å². The van der Waals surface area contributed by atoms with Gasteiger partial charge in [-0.25, -0.2) is 28.6 Å². The van der Waals surface area contributed by atoms with Crippen molar-refractivity contribution in [3.63, 3.8) is 0 Å². The number of carbonyl (C=O) groups is 3. The van der Waals surface area contributed by atoms with E-state index in [-0.39, 0.29) is 47.8 Å². The van der Waals surface area contributed by atoms with Crippen LogP contribution in [-0.4, -0.2) is 148 Å². The number of unbranched alkanes of at least 4 members (excludes halogenated alkanes) is 1. The van der Waals surface area contributed by atoms with Gasteiger partial charge in [0.2, 0.25) is 17.7 Å². The van der Waals surface area contributed by atoms with Crippen molar-refractivity contribution in [2.45, 2.75) is 82.6 Å². The van der Waals surface area contributed by atoms with E-state index in [9.17, 15) is 57.9 Å². The van der Waals surface area contributed by atoms with E-state index < -0.39 is 78.6 Å². The van der Waals surface area contributed by atoms with Crippen molar-refractivity contribution in [3.05, 3.63) is 48.1 Å². The molecule has 0 spiro atoms. The number of nitrogens with zero attached hydrogens (tertiary/aromatic N) is 5. The lowest BCUT2D eigenvalue weighted by Gasteiger charge is -2.30. The quantitative estimate of drug-likeness (QED) is 0.0435. The number of hydrogen-bond donors (Lipinski definition) is 10. The topological polar surface area (TPSA) is 388 Å². The van der Waals surface area contributed by atoms with Crippen molar-refractivity contribution in [1.82, 2.24) is 35.5 Å². The van der Waals surface area contributed by atoms with Gasteiger partial charge in [-0.3, -0.25) is 37.5 Å². The number of phosphoric ester groups is 3. The fourth-order valence-corrected chi connectivity index (χ4v) is 10.3. The molecule has 0 bridgehead atoms. The number of amides is 3. The number of ether oxygens (including phenoxy) is 1. The number of aliphatic hydroxyl groups excluding tert-OH is 2. The molecule has 2 aliphatic heterocycles. The first kappa shape index (κ1) is 53.2. The third-order valence-corrected chi connectivity index (χ3v) is 14.2. The number of fused-ring (bicyclic) bond motifs is 2. The predicted molar refractivity (Wildman–Crippen MR) is 236 cm³/mol. The number of nitrogens with two attached hydrogens (primary N) is 1. The van der Waals surface area contributed by atoms with Gasteiger partial charge in [-0.05, 0) is 36.2 Å². The monoisotopic (exact) mass is 1010 g/mol. The Labute approximate surface area is 382 Å². The molecule has 5 rings (SSSR count). The van der Waals surface area contributed by atoms with E-state index >= 15 is 0 Å². The maximum Gasteiger partial charge on any atom is 0.481 e. The molecule has 66 heavy (non-hydrogen) atoms. The summed E-state index contributed by atoms with van der Waals surface area (Å²) in [5.41, 5.74) is 6.60. The Hall–Kier alpha value is -3.75. The standard InChI is InChI=1S/C36H54N9O17P3S/c1-36(2,31(49)34(50)40-13-11-27(47)39-14-16-66-15-6-5-9-26(46)38-12-10-22-17-41-24-8-4-3-7-23(22)24)19-59-65(56,57)62-64(54,55)58-18-25-30(61-63(51,52)53)29(48)35(60-25)45-21-44-28-32(37)42-20-43-33(28)45/h3-4,7-8,17,20-21,24-25,29-31,35,48-49H,5-6,9-16,18-19H2,1-2H3,(H,38,46)(H,39,47)(H,40,50)(H,54,55)(H,56,57)(H2,37,42,43)(H2,51,52,53). The third kappa shape index (κ3) is 15.7. The van der Waals surface area contributed by atoms with Gasteiger partial charge < -0.3 is 56.2 Å². The Bertz CT molecular complexity index is 2330. The van der Waals surface area contributed by atoms with Crippen molar-refractivity contribution in [3.8, 4) is 0 Å². The minimum atomic E-state index is -5.57. The van der Waals surface area contributed by atoms with Crippen LogP contribution in [-0.2, 0) is 50.7 Å². The van der Waals surface area contributed by atoms with E-state index in [1.807, 2.05) is 24.4 Å². The summed E-state index contributed by atoms with van der Waals surface area (Å²) in [6.07, 6.45) is 5.77. The van der Waals surface area contributed by atoms with Gasteiger partial charge in [-0.2, -0.15) is 16.1 Å². The number of thioether (sulfide) groups is 1. The van der Waals surface area contributed by atoms with Crippen LogP contribution < -0.4 is 21.7 Å². The number of allylic oxidation sites excluding steroid dienone is 2. The van der Waals surface area contributed by atoms with Gasteiger partial charge in [-0.15, -0.1) is 0 Å². The summed E-state index contributed by atoms with van der Waals surface area (Å²) in [5, 5.41) is 29.6. The second-order valence-electron chi connectivity index (χ2n) is 15.7. The smallest absolute Gasteiger partial charge is 0.386 e. The molecule has 0 aromatic carbocycles. The van der Waals surface area contributed by atoms with Crippen LogP contribution in [0, 0.1) is 5.41 Å². The Morgan fingerprint density at radius 1 is 0.955 bits per heavy atom. The second kappa shape index (κ2) is 23.5. The van der Waals surface area contributed by atoms with Gasteiger partial charge in [0, 0.05) is 49.9 Å². The molecule has 0 saturated carbocycles. The summed E-state index contributed by atoms with van der Waals surface area (Å²) in [6, 6.07) is 0.0851. The molecule has 1 aliphatic carbocycles. The zero-order valence-electron chi connectivity index (χ0n) is 35.7. The Morgan fingerprint density at radius 2 is 1.68 bits per heavy atom. The number of imidazole rings is 1. The van der Waals surface area contributed by atoms with Gasteiger partial charge in [0.1, 0.15) is 36.3 Å². The number of rotatable bonds is 27. The van der Waals surface area contributed by atoms with E-state index in [0.717, 1.165) is 47.8 Å². The fourth-order valence-electron chi connectivity index (χ4n) is 6.63. The van der Waals surface area contributed by atoms with Gasteiger partial charge in [0.15, 0.2) is 17.7 Å². The van der Waals surface area contributed by atoms with Crippen LogP contribution in [0.2, 0.25) is 0 Å². The first-order chi connectivity index (χ1) is 31.1. The fraction of sp³-hybridized carbons (Fsp3) is 0.583. The summed E-state index contributed by atoms with van der Waals surface area (Å²) in [5.74, 6) is 0.0700. The molecule has 8 atom stereocenters. The van der Waals surface area contributed by atoms with Gasteiger partial charge in [0.25, 0.3) is 0 Å². The zero-order chi connectivity index (χ0) is 48.3. The molecular weight excluding hydrogens is 955 g/mol. The van der Waals surface area contributed by atoms with Crippen LogP contribution in [0.4, 0.5) is 5.82 Å². The van der Waals surface area contributed by atoms with E-state index in [1.54, 1.807) is 11.8 Å². The molecule has 3 aliphatic rings. The second-order valence-corrected chi connectivity index (χ2v) is 21.1. The first-order valence-electron chi connectivity index (χ1n) is 20.4. The molecule has 8 unspecified atom stereocenters. The minimum absolute atomic E-state index is 0.00236. The highest BCUT2D eigenvalue weighted by atomic mass is 32.2. The summed E-state index contributed by atoms with van der Waals surface area (Å²) in [6.45, 7) is 1.28. The summed E-state index contributed by atoms with van der Waals surface area (Å²) < 4.78 is 62.4. The van der Waals surface area contributed by atoms with E-state index in [1.165, 1.54) is 19.4 Å². The largest absolute Gasteiger partial charge is 0.481 e. The Morgan fingerprint density at radius 3 is 2.44 bits per heavy atom. The Balaban J connectivity index is 0.942. The Kier molecular flexibility index (Phi) is 19.0. The molecule has 2 aromatic rings. The lowest BCUT2D eigenvalue weighted by Crippen LogP contribution is -2.46. The average Bonchev–Trinajstić information content (AvgIpc) is 3.95. The summed E-state index contributed by atoms with van der Waals surface area (Å²) in [7, 11) is -16.4. The van der Waals surface area contributed by atoms with Crippen LogP contribution in [0.15, 0.2) is 53.1 Å². The molecule has 3 amide bonds. The van der Waals surface area contributed by atoms with Crippen LogP contribution >= 0.6 is 35.2 Å². The maximum atomic E-state index is 12.7. The number of aliphatic imine (C=N–C) groups is 1. The lowest BCUT2D eigenvalue weighted by molar-refractivity contribution is -0.137. The molecule has 30 heteroatoms. The van der Waals surface area contributed by atoms with E-state index in [2.05, 4.69) is 50.8 Å². The molecule has 1 saturated heterocycles. The van der Waals surface area contributed by atoms with Crippen molar-refractivity contribution >= 4 is 76.1 Å². The van der Waals surface area contributed by atoms with E-state index in [0.29, 0.717) is 25.3 Å². The number of hydrogen-bond acceptors (Lipinski definition) is 19. The molecule has 2 aromatic heterocycles. The van der Waals surface area contributed by atoms with Crippen LogP contribution in [0.1, 0.15) is 52.2 Å². The number of aromatic nitrogens is 4. The highest BCUT2D eigenvalue weighted by Gasteiger charge is 2.50. The van der Waals surface area contributed by atoms with Gasteiger partial charge >= 0.3 is 23.5 Å². The number of aliphatic hydroxyl groups is 2. The molecule has 1 fully saturated rings. The maximum absolute atomic E-state index is 12.7. The number of phosphoric acid groups is 3. The van der Waals surface area contributed by atoms with Crippen LogP contribution in [0.25, 0.3) is 11.2 Å². The molecule has 366 valence electrons. The summed E-state index contributed by atoms with van der Waals surface area (Å²) in [4.78, 5) is 92.8. The van der Waals surface area contributed by atoms with Gasteiger partial charge in [-0.1, -0.05) is 38.2 Å². The SMILES string of the molecule is CC(C)(COP(=O)(O)OP(=O)(O)OCC1OC(n2cnc3c(N)ncnc32)C(O)C1OP(=O)(O)O)C(O)C(=O)NCCC(=O)NCCSCCCCC(=O)NCCC1=C2C=CC=CC2N=C1. The number of carbonyl (C=O) groups excluding carboxylic acids is 3. The van der Waals surface area contributed by atoms with Crippen molar-refractivity contribution in [2.75, 3.05) is 50.1 Å². The van der Waals surface area contributed by atoms with Crippen molar-refractivity contribution < 1.29 is 80.5 Å². The number of nitrogen functional groups attached to an aromatic ring is 1. The zero-order valence-corrected chi connectivity index (χ0v) is 39.2. The van der Waals surface area contributed by atoms with E-state index in [4.69, 9.17) is 19.5 Å². The third-order valence-electron chi connectivity index (χ3n) is 10.1. The average molecular weight is 1010 g/mol. The number of anilines is 1. The van der Waals surface area contributed by atoms with Crippen LogP contribution in [0.3, 0.4) is 0 Å². The molecule has 4 heterocycles. The molecule has 26 nitrogen and oxygen atoms in total. The highest BCUT2D eigenvalue weighted by Crippen LogP contribution is 2.61. The minimum Gasteiger partial charge on any atom is -0.386 e.